The molecule has 0 unspecified atom stereocenters. The summed E-state index contributed by atoms with van der Waals surface area (Å²) in [5.74, 6) is 1.91. The Morgan fingerprint density at radius 1 is 1.14 bits per heavy atom. The Bertz CT molecular complexity index is 2270. The number of anilines is 1. The fraction of sp³-hybridized carbons (Fsp3) is 0.368. The van der Waals surface area contributed by atoms with Gasteiger partial charge in [-0.25, -0.2) is 13.2 Å². The Morgan fingerprint density at radius 3 is 2.71 bits per heavy atom. The molecule has 9 rings (SSSR count). The maximum absolute atomic E-state index is 17.5. The zero-order chi connectivity index (χ0) is 33.8. The van der Waals surface area contributed by atoms with Gasteiger partial charge >= 0.3 is 6.01 Å². The fourth-order valence-corrected chi connectivity index (χ4v) is 8.85. The molecule has 4 fully saturated rings. The van der Waals surface area contributed by atoms with Crippen LogP contribution in [0.15, 0.2) is 46.9 Å². The lowest BCUT2D eigenvalue weighted by Crippen LogP contribution is -2.51. The molecule has 5 aromatic rings. The second kappa shape index (κ2) is 10.9. The highest BCUT2D eigenvalue weighted by Gasteiger charge is 2.51. The summed E-state index contributed by atoms with van der Waals surface area (Å²) >= 11 is 0. The lowest BCUT2D eigenvalue weighted by molar-refractivity contribution is 0.107. The molecule has 0 spiro atoms. The number of halogens is 3. The number of nitrogens with one attached hydrogen (secondary N) is 1. The van der Waals surface area contributed by atoms with Crippen LogP contribution < -0.4 is 15.0 Å². The van der Waals surface area contributed by atoms with Crippen molar-refractivity contribution in [3.8, 4) is 35.2 Å². The number of rotatable bonds is 5. The van der Waals surface area contributed by atoms with Gasteiger partial charge in [0.2, 0.25) is 0 Å². The van der Waals surface area contributed by atoms with Crippen LogP contribution in [0.2, 0.25) is 0 Å². The number of aromatic hydroxyl groups is 1. The maximum atomic E-state index is 17.5. The Morgan fingerprint density at radius 2 is 1.94 bits per heavy atom. The van der Waals surface area contributed by atoms with Gasteiger partial charge < -0.3 is 24.5 Å². The number of furan rings is 1. The van der Waals surface area contributed by atoms with E-state index in [-0.39, 0.29) is 63.6 Å². The molecule has 250 valence electrons. The molecule has 2 aromatic heterocycles. The molecule has 0 radical (unpaired) electrons. The van der Waals surface area contributed by atoms with Crippen LogP contribution in [0.3, 0.4) is 0 Å². The first-order chi connectivity index (χ1) is 23.6. The normalized spacial score (nSPS) is 25.2. The number of aromatic nitrogens is 2. The molecule has 4 aliphatic rings. The van der Waals surface area contributed by atoms with E-state index in [4.69, 9.17) is 25.5 Å². The molecule has 0 amide bonds. The van der Waals surface area contributed by atoms with E-state index in [0.717, 1.165) is 18.4 Å². The molecule has 0 saturated carbocycles. The molecule has 4 aliphatic heterocycles. The number of phenolic OH excluding ortho intramolecular Hbond substituents is 1. The highest BCUT2D eigenvalue weighted by molar-refractivity contribution is 6.18. The number of ether oxygens (including phenoxy) is 1. The predicted molar refractivity (Wildman–Crippen MR) is 182 cm³/mol. The summed E-state index contributed by atoms with van der Waals surface area (Å²) in [6, 6.07) is 7.85. The average molecular weight is 666 g/mol. The van der Waals surface area contributed by atoms with Gasteiger partial charge in [0, 0.05) is 61.0 Å². The van der Waals surface area contributed by atoms with Crippen molar-refractivity contribution in [1.29, 1.82) is 0 Å². The van der Waals surface area contributed by atoms with Crippen LogP contribution in [-0.4, -0.2) is 76.6 Å². The minimum absolute atomic E-state index is 0.00990. The summed E-state index contributed by atoms with van der Waals surface area (Å²) in [5.41, 5.74) is 0.736. The summed E-state index contributed by atoms with van der Waals surface area (Å²) in [6.07, 6.45) is 7.76. The quantitative estimate of drug-likeness (QED) is 0.162. The largest absolute Gasteiger partial charge is 0.508 e. The predicted octanol–water partition coefficient (Wildman–Crippen LogP) is 6.53. The molecule has 6 heterocycles. The Kier molecular flexibility index (Phi) is 6.71. The molecule has 3 aromatic carbocycles. The van der Waals surface area contributed by atoms with Gasteiger partial charge in [-0.2, -0.15) is 9.97 Å². The second-order valence-corrected chi connectivity index (χ2v) is 14.2. The van der Waals surface area contributed by atoms with E-state index >= 15 is 8.78 Å². The fourth-order valence-electron chi connectivity index (χ4n) is 8.85. The number of hydrogen-bond donors (Lipinski definition) is 2. The van der Waals surface area contributed by atoms with Crippen molar-refractivity contribution in [3.05, 3.63) is 65.4 Å². The summed E-state index contributed by atoms with van der Waals surface area (Å²) in [5, 5.41) is 16.2. The first kappa shape index (κ1) is 30.3. The average Bonchev–Trinajstić information content (AvgIpc) is 3.78. The van der Waals surface area contributed by atoms with E-state index in [1.54, 1.807) is 6.92 Å². The van der Waals surface area contributed by atoms with E-state index in [1.165, 1.54) is 24.3 Å². The van der Waals surface area contributed by atoms with Gasteiger partial charge in [0.05, 0.1) is 22.1 Å². The molecule has 11 heteroatoms. The molecule has 8 nitrogen and oxygen atoms in total. The third kappa shape index (κ3) is 4.68. The summed E-state index contributed by atoms with van der Waals surface area (Å²) in [4.78, 5) is 13.9. The van der Waals surface area contributed by atoms with Crippen molar-refractivity contribution in [2.24, 2.45) is 0 Å². The van der Waals surface area contributed by atoms with Gasteiger partial charge in [-0.15, -0.1) is 6.42 Å². The zero-order valence-corrected chi connectivity index (χ0v) is 27.0. The van der Waals surface area contributed by atoms with Crippen molar-refractivity contribution < 1.29 is 27.4 Å². The summed E-state index contributed by atoms with van der Waals surface area (Å²) in [7, 11) is 0. The van der Waals surface area contributed by atoms with Gasteiger partial charge in [-0.1, -0.05) is 24.1 Å². The molecule has 4 saturated heterocycles. The molecule has 0 aliphatic carbocycles. The number of alkyl halides is 1. The SMILES string of the molecule is C#Cc1c(F)ccc2cc(O)cc(-c3c(F)c4nc(OC[C@]56CC(=C)CN5C[C@@H](F)C6)nc(N5C[C@H]6CC[C@@H](C5)N6)c4c4cc(C)oc34)c12. The number of nitrogens with zero attached hydrogens (tertiary/aromatic N) is 4. The number of hydrogen-bond acceptors (Lipinski definition) is 8. The van der Waals surface area contributed by atoms with E-state index in [0.29, 0.717) is 66.8 Å². The van der Waals surface area contributed by atoms with Crippen LogP contribution in [0.4, 0.5) is 19.0 Å². The molecular weight excluding hydrogens is 631 g/mol. The summed E-state index contributed by atoms with van der Waals surface area (Å²) in [6.45, 7) is 8.27. The number of terminal acetylenes is 1. The monoisotopic (exact) mass is 665 g/mol. The minimum Gasteiger partial charge on any atom is -0.508 e. The van der Waals surface area contributed by atoms with Crippen LogP contribution in [0.5, 0.6) is 11.8 Å². The van der Waals surface area contributed by atoms with Crippen LogP contribution >= 0.6 is 0 Å². The van der Waals surface area contributed by atoms with Gasteiger partial charge in [-0.05, 0) is 55.8 Å². The topological polar surface area (TPSA) is 86.9 Å². The standard InChI is InChI=1S/C38H34F3N5O3/c1-4-26-29(40)8-5-21-10-25(47)11-27(30(21)26)31-33(41)34-32(28-9-20(3)49-35(28)31)36(45-16-23-6-7-24(17-45)42-23)44-37(43-34)48-18-38-12-19(2)14-46(38)15-22(39)13-38/h1,5,8-11,22-24,42,47H,2,6-7,12-18H2,3H3/t22-,23-,24+,38+/m0/s1. The van der Waals surface area contributed by atoms with Crippen LogP contribution in [0, 0.1) is 30.9 Å². The van der Waals surface area contributed by atoms with Crippen LogP contribution in [-0.2, 0) is 0 Å². The van der Waals surface area contributed by atoms with E-state index < -0.39 is 23.3 Å². The van der Waals surface area contributed by atoms with Gasteiger partial charge in [-0.3, -0.25) is 4.90 Å². The number of benzene rings is 3. The number of phenols is 1. The highest BCUT2D eigenvalue weighted by Crippen LogP contribution is 2.47. The smallest absolute Gasteiger partial charge is 0.319 e. The molecule has 49 heavy (non-hydrogen) atoms. The molecule has 2 N–H and O–H groups in total. The Labute approximate surface area is 280 Å². The first-order valence-corrected chi connectivity index (χ1v) is 16.7. The lowest BCUT2D eigenvalue weighted by atomic mass is 9.91. The van der Waals surface area contributed by atoms with Gasteiger partial charge in [0.25, 0.3) is 0 Å². The molecule has 2 bridgehead atoms. The van der Waals surface area contributed by atoms with Crippen molar-refractivity contribution >= 4 is 38.5 Å². The van der Waals surface area contributed by atoms with Gasteiger partial charge in [0.15, 0.2) is 5.82 Å². The van der Waals surface area contributed by atoms with Crippen molar-refractivity contribution in [1.82, 2.24) is 20.2 Å². The first-order valence-electron chi connectivity index (χ1n) is 16.7. The third-order valence-electron chi connectivity index (χ3n) is 10.8. The van der Waals surface area contributed by atoms with E-state index in [9.17, 15) is 9.50 Å². The minimum atomic E-state index is -0.978. The van der Waals surface area contributed by atoms with Crippen molar-refractivity contribution in [2.45, 2.75) is 56.4 Å². The molecule has 4 atom stereocenters. The number of piperazine rings is 1. The van der Waals surface area contributed by atoms with Crippen molar-refractivity contribution in [3.63, 3.8) is 0 Å². The Balaban J connectivity index is 1.29. The number of aryl methyl sites for hydroxylation is 1. The zero-order valence-electron chi connectivity index (χ0n) is 27.0. The molecular formula is C38H34F3N5O3. The summed E-state index contributed by atoms with van der Waals surface area (Å²) < 4.78 is 59.9. The second-order valence-electron chi connectivity index (χ2n) is 14.2. The Hall–Kier alpha value is -4.79. The maximum Gasteiger partial charge on any atom is 0.319 e. The lowest BCUT2D eigenvalue weighted by Gasteiger charge is -2.34. The third-order valence-corrected chi connectivity index (χ3v) is 10.8. The van der Waals surface area contributed by atoms with Gasteiger partial charge in [0.1, 0.15) is 47.0 Å². The van der Waals surface area contributed by atoms with E-state index in [2.05, 4.69) is 27.6 Å². The van der Waals surface area contributed by atoms with Crippen LogP contribution in [0.25, 0.3) is 43.8 Å². The number of fused-ring (bicyclic) bond motifs is 7. The van der Waals surface area contributed by atoms with E-state index in [1.807, 2.05) is 6.07 Å². The van der Waals surface area contributed by atoms with Crippen molar-refractivity contribution in [2.75, 3.05) is 37.7 Å². The van der Waals surface area contributed by atoms with Crippen LogP contribution in [0.1, 0.15) is 37.0 Å². The highest BCUT2D eigenvalue weighted by atomic mass is 19.1.